The molecule has 2 N–H and O–H groups in total. The van der Waals surface area contributed by atoms with Gasteiger partial charge in [0.2, 0.25) is 5.88 Å². The Morgan fingerprint density at radius 1 is 1.00 bits per heavy atom. The van der Waals surface area contributed by atoms with Crippen LogP contribution in [0.15, 0.2) is 96.4 Å². The summed E-state index contributed by atoms with van der Waals surface area (Å²) in [6.07, 6.45) is 0. The first-order valence-electron chi connectivity index (χ1n) is 12.1. The Bertz CT molecular complexity index is 1660. The van der Waals surface area contributed by atoms with Crippen LogP contribution in [0, 0.1) is 11.3 Å². The Morgan fingerprint density at radius 3 is 2.52 bits per heavy atom. The normalized spacial score (nSPS) is 14.0. The van der Waals surface area contributed by atoms with E-state index in [2.05, 4.69) is 6.07 Å². The van der Waals surface area contributed by atoms with Crippen LogP contribution in [0.4, 0.5) is 0 Å². The van der Waals surface area contributed by atoms with Gasteiger partial charge in [0.1, 0.15) is 29.7 Å². The highest BCUT2D eigenvalue weighted by molar-refractivity contribution is 6.36. The van der Waals surface area contributed by atoms with Gasteiger partial charge in [-0.3, -0.25) is 0 Å². The summed E-state index contributed by atoms with van der Waals surface area (Å²) < 4.78 is 22.9. The molecule has 1 atom stereocenters. The third-order valence-corrected chi connectivity index (χ3v) is 6.86. The van der Waals surface area contributed by atoms with Crippen molar-refractivity contribution in [1.29, 1.82) is 5.26 Å². The van der Waals surface area contributed by atoms with Crippen molar-refractivity contribution >= 4 is 29.2 Å². The van der Waals surface area contributed by atoms with Crippen LogP contribution >= 0.6 is 23.2 Å². The van der Waals surface area contributed by atoms with Crippen molar-refractivity contribution in [2.75, 3.05) is 7.11 Å². The van der Waals surface area contributed by atoms with Crippen molar-refractivity contribution in [2.45, 2.75) is 12.5 Å². The second kappa shape index (κ2) is 11.6. The molecule has 0 fully saturated rings. The first-order valence-corrected chi connectivity index (χ1v) is 12.9. The molecule has 40 heavy (non-hydrogen) atoms. The van der Waals surface area contributed by atoms with Crippen LogP contribution in [0.5, 0.6) is 23.0 Å². The first-order chi connectivity index (χ1) is 19.4. The smallest absolute Gasteiger partial charge is 0.345 e. The van der Waals surface area contributed by atoms with Crippen molar-refractivity contribution in [3.63, 3.8) is 0 Å². The fourth-order valence-electron chi connectivity index (χ4n) is 4.38. The lowest BCUT2D eigenvalue weighted by atomic mass is 9.83. The van der Waals surface area contributed by atoms with Crippen molar-refractivity contribution in [3.8, 4) is 29.1 Å². The first kappa shape index (κ1) is 26.9. The molecule has 0 radical (unpaired) electrons. The summed E-state index contributed by atoms with van der Waals surface area (Å²) in [6, 6.07) is 26.8. The van der Waals surface area contributed by atoms with Crippen LogP contribution in [0.3, 0.4) is 0 Å². The lowest BCUT2D eigenvalue weighted by molar-refractivity contribution is 0.0734. The Balaban J connectivity index is 1.44. The van der Waals surface area contributed by atoms with Gasteiger partial charge in [-0.15, -0.1) is 0 Å². The summed E-state index contributed by atoms with van der Waals surface area (Å²) >= 11 is 12.1. The van der Waals surface area contributed by atoms with E-state index in [1.165, 1.54) is 12.1 Å². The number of nitrogens with two attached hydrogens (primary N) is 1. The van der Waals surface area contributed by atoms with Crippen molar-refractivity contribution in [3.05, 3.63) is 129 Å². The molecule has 1 aliphatic rings. The number of esters is 1. The molecule has 0 bridgehead atoms. The largest absolute Gasteiger partial charge is 0.493 e. The maximum Gasteiger partial charge on any atom is 0.345 e. The second-order valence-corrected chi connectivity index (χ2v) is 9.67. The Morgan fingerprint density at radius 2 is 1.80 bits per heavy atom. The molecule has 0 spiro atoms. The van der Waals surface area contributed by atoms with E-state index in [-0.39, 0.29) is 27.8 Å². The van der Waals surface area contributed by atoms with Crippen LogP contribution < -0.4 is 24.7 Å². The zero-order chi connectivity index (χ0) is 28.2. The number of carbonyl (C=O) groups excluding carboxylic acids is 1. The minimum atomic E-state index is -0.661. The zero-order valence-corrected chi connectivity index (χ0v) is 22.7. The molecule has 9 heteroatoms. The summed E-state index contributed by atoms with van der Waals surface area (Å²) in [5, 5.41) is 10.5. The van der Waals surface area contributed by atoms with Gasteiger partial charge in [-0.2, -0.15) is 5.26 Å². The molecule has 0 amide bonds. The SMILES string of the molecule is COc1cc(C2C(C#N)=C(N)Oc3cc(OC(=O)c4ccc(Cl)cc4Cl)ccc32)ccc1OCc1ccccc1. The quantitative estimate of drug-likeness (QED) is 0.187. The molecule has 4 aromatic carbocycles. The van der Waals surface area contributed by atoms with Gasteiger partial charge in [0.05, 0.1) is 23.6 Å². The number of rotatable bonds is 7. The highest BCUT2D eigenvalue weighted by Gasteiger charge is 2.32. The number of nitrogens with zero attached hydrogens (tertiary/aromatic N) is 1. The fourth-order valence-corrected chi connectivity index (χ4v) is 4.86. The van der Waals surface area contributed by atoms with Crippen LogP contribution in [0.25, 0.3) is 0 Å². The van der Waals surface area contributed by atoms with Gasteiger partial charge in [0.15, 0.2) is 11.5 Å². The molecule has 7 nitrogen and oxygen atoms in total. The monoisotopic (exact) mass is 572 g/mol. The van der Waals surface area contributed by atoms with E-state index in [0.29, 0.717) is 34.4 Å². The van der Waals surface area contributed by atoms with Gasteiger partial charge in [0.25, 0.3) is 0 Å². The second-order valence-electron chi connectivity index (χ2n) is 8.82. The van der Waals surface area contributed by atoms with Gasteiger partial charge in [0, 0.05) is 16.7 Å². The topological polar surface area (TPSA) is 104 Å². The van der Waals surface area contributed by atoms with E-state index >= 15 is 0 Å². The third-order valence-electron chi connectivity index (χ3n) is 6.31. The maximum absolute atomic E-state index is 12.7. The molecule has 4 aromatic rings. The number of ether oxygens (including phenoxy) is 4. The fraction of sp³-hybridized carbons (Fsp3) is 0.0968. The van der Waals surface area contributed by atoms with Crippen LogP contribution in [-0.2, 0) is 6.61 Å². The predicted molar refractivity (Wildman–Crippen MR) is 151 cm³/mol. The molecule has 5 rings (SSSR count). The van der Waals surface area contributed by atoms with E-state index in [1.807, 2.05) is 36.4 Å². The molecule has 200 valence electrons. The van der Waals surface area contributed by atoms with E-state index in [1.54, 1.807) is 43.5 Å². The lowest BCUT2D eigenvalue weighted by Gasteiger charge is -2.27. The Hall–Kier alpha value is -4.64. The van der Waals surface area contributed by atoms with Crippen molar-refractivity contribution in [1.82, 2.24) is 0 Å². The number of halogens is 2. The Kier molecular flexibility index (Phi) is 7.83. The number of benzene rings is 4. The van der Waals surface area contributed by atoms with Gasteiger partial charge < -0.3 is 24.7 Å². The molecular formula is C31H22Cl2N2O5. The molecule has 0 saturated heterocycles. The van der Waals surface area contributed by atoms with Crippen LogP contribution in [-0.4, -0.2) is 13.1 Å². The average molecular weight is 573 g/mol. The standard InChI is InChI=1S/C31H22Cl2N2O5/c1-37-28-13-19(7-12-26(28)38-17-18-5-3-2-4-6-18)29-23-11-9-21(15-27(23)40-30(35)24(29)16-34)39-31(36)22-10-8-20(32)14-25(22)33/h2-15,29H,17,35H2,1H3. The molecule has 1 aliphatic heterocycles. The summed E-state index contributed by atoms with van der Waals surface area (Å²) in [5.41, 5.74) is 8.99. The lowest BCUT2D eigenvalue weighted by Crippen LogP contribution is -2.21. The average Bonchev–Trinajstić information content (AvgIpc) is 2.95. The van der Waals surface area contributed by atoms with E-state index in [0.717, 1.165) is 11.1 Å². The van der Waals surface area contributed by atoms with Crippen molar-refractivity contribution in [2.24, 2.45) is 5.73 Å². The third kappa shape index (κ3) is 5.55. The molecule has 0 saturated carbocycles. The molecule has 1 unspecified atom stereocenters. The van der Waals surface area contributed by atoms with Gasteiger partial charge >= 0.3 is 5.97 Å². The zero-order valence-electron chi connectivity index (χ0n) is 21.2. The number of allylic oxidation sites excluding steroid dienone is 1. The maximum atomic E-state index is 12.7. The minimum Gasteiger partial charge on any atom is -0.493 e. The number of hydrogen-bond donors (Lipinski definition) is 1. The summed E-state index contributed by atoms with van der Waals surface area (Å²) in [5.74, 6) is 0.352. The summed E-state index contributed by atoms with van der Waals surface area (Å²) in [6.45, 7) is 0.371. The van der Waals surface area contributed by atoms with E-state index in [9.17, 15) is 10.1 Å². The van der Waals surface area contributed by atoms with Gasteiger partial charge in [-0.25, -0.2) is 4.79 Å². The molecular weight excluding hydrogens is 551 g/mol. The number of methoxy groups -OCH3 is 1. The van der Waals surface area contributed by atoms with E-state index < -0.39 is 11.9 Å². The molecule has 0 aliphatic carbocycles. The van der Waals surface area contributed by atoms with Crippen LogP contribution in [0.2, 0.25) is 10.0 Å². The Labute approximate surface area is 240 Å². The van der Waals surface area contributed by atoms with Gasteiger partial charge in [-0.05, 0) is 47.5 Å². The highest BCUT2D eigenvalue weighted by Crippen LogP contribution is 2.45. The van der Waals surface area contributed by atoms with Crippen molar-refractivity contribution < 1.29 is 23.7 Å². The number of fused-ring (bicyclic) bond motifs is 1. The minimum absolute atomic E-state index is 0.0485. The summed E-state index contributed by atoms with van der Waals surface area (Å²) in [7, 11) is 1.55. The summed E-state index contributed by atoms with van der Waals surface area (Å²) in [4.78, 5) is 12.7. The van der Waals surface area contributed by atoms with Crippen LogP contribution in [0.1, 0.15) is 33.0 Å². The highest BCUT2D eigenvalue weighted by atomic mass is 35.5. The number of carbonyl (C=O) groups is 1. The van der Waals surface area contributed by atoms with E-state index in [4.69, 9.17) is 47.9 Å². The number of hydrogen-bond acceptors (Lipinski definition) is 7. The number of nitriles is 1. The molecule has 1 heterocycles. The van der Waals surface area contributed by atoms with Gasteiger partial charge in [-0.1, -0.05) is 65.7 Å². The predicted octanol–water partition coefficient (Wildman–Crippen LogP) is 7.02. The molecule has 0 aromatic heterocycles.